The molecule has 1 saturated heterocycles. The minimum atomic E-state index is -2.77. The van der Waals surface area contributed by atoms with Crippen LogP contribution in [0, 0.1) is 5.92 Å². The van der Waals surface area contributed by atoms with Crippen molar-refractivity contribution in [2.75, 3.05) is 0 Å². The van der Waals surface area contributed by atoms with Crippen molar-refractivity contribution in [1.82, 2.24) is 4.90 Å². The number of ether oxygens (including phenoxy) is 1. The van der Waals surface area contributed by atoms with Gasteiger partial charge in [-0.15, -0.1) is 0 Å². The van der Waals surface area contributed by atoms with Gasteiger partial charge in [0, 0.05) is 12.1 Å². The Kier molecular flexibility index (Phi) is 3.93. The van der Waals surface area contributed by atoms with E-state index in [-0.39, 0.29) is 18.6 Å². The van der Waals surface area contributed by atoms with Gasteiger partial charge < -0.3 is 9.84 Å². The molecule has 0 aliphatic carbocycles. The highest BCUT2D eigenvalue weighted by atomic mass is 19.3. The van der Waals surface area contributed by atoms with Crippen LogP contribution in [0.5, 0.6) is 0 Å². The fourth-order valence-corrected chi connectivity index (χ4v) is 2.74. The zero-order chi connectivity index (χ0) is 15.1. The van der Waals surface area contributed by atoms with Crippen LogP contribution in [0.2, 0.25) is 0 Å². The maximum Gasteiger partial charge on any atom is 0.267 e. The number of halogens is 2. The van der Waals surface area contributed by atoms with Gasteiger partial charge >= 0.3 is 0 Å². The van der Waals surface area contributed by atoms with Crippen molar-refractivity contribution >= 4 is 11.7 Å². The van der Waals surface area contributed by atoms with Gasteiger partial charge in [-0.3, -0.25) is 14.5 Å². The third-order valence-corrected chi connectivity index (χ3v) is 4.15. The third-order valence-electron chi connectivity index (χ3n) is 4.15. The van der Waals surface area contributed by atoms with Crippen LogP contribution >= 0.6 is 0 Å². The SMILES string of the molecule is CC[C@@]1(C(F)F)O[C@@H](N2C=CC(=O)CC2=O)[C@@H](O)[C@@H]1C. The van der Waals surface area contributed by atoms with Crippen LogP contribution in [-0.2, 0) is 14.3 Å². The first-order valence-electron chi connectivity index (χ1n) is 6.49. The number of carbonyl (C=O) groups excluding carboxylic acids is 2. The Bertz CT molecular complexity index is 454. The third kappa shape index (κ3) is 2.14. The van der Waals surface area contributed by atoms with E-state index in [1.807, 2.05) is 0 Å². The molecular weight excluding hydrogens is 272 g/mol. The topological polar surface area (TPSA) is 66.8 Å². The van der Waals surface area contributed by atoms with Crippen molar-refractivity contribution < 1.29 is 28.2 Å². The van der Waals surface area contributed by atoms with Gasteiger partial charge in [-0.2, -0.15) is 0 Å². The van der Waals surface area contributed by atoms with Crippen LogP contribution in [0.3, 0.4) is 0 Å². The van der Waals surface area contributed by atoms with Crippen molar-refractivity contribution in [3.8, 4) is 0 Å². The molecule has 5 nitrogen and oxygen atoms in total. The normalized spacial score (nSPS) is 38.1. The second kappa shape index (κ2) is 5.21. The average molecular weight is 289 g/mol. The second-order valence-electron chi connectivity index (χ2n) is 5.16. The van der Waals surface area contributed by atoms with E-state index in [2.05, 4.69) is 0 Å². The number of allylic oxidation sites excluding steroid dienone is 1. The van der Waals surface area contributed by atoms with Crippen LogP contribution in [0.25, 0.3) is 0 Å². The van der Waals surface area contributed by atoms with Crippen molar-refractivity contribution in [3.63, 3.8) is 0 Å². The number of aliphatic hydroxyl groups is 1. The highest BCUT2D eigenvalue weighted by Crippen LogP contribution is 2.44. The Morgan fingerprint density at radius 3 is 2.65 bits per heavy atom. The minimum absolute atomic E-state index is 0.0179. The Balaban J connectivity index is 2.29. The molecule has 0 aromatic carbocycles. The number of amides is 1. The zero-order valence-electron chi connectivity index (χ0n) is 11.3. The number of rotatable bonds is 3. The molecule has 7 heteroatoms. The van der Waals surface area contributed by atoms with Gasteiger partial charge in [0.05, 0.1) is 6.42 Å². The molecule has 0 unspecified atom stereocenters. The Morgan fingerprint density at radius 2 is 2.20 bits per heavy atom. The van der Waals surface area contributed by atoms with Gasteiger partial charge in [0.25, 0.3) is 6.43 Å². The predicted octanol–water partition coefficient (Wildman–Crippen LogP) is 1.07. The van der Waals surface area contributed by atoms with E-state index < -0.39 is 36.2 Å². The van der Waals surface area contributed by atoms with E-state index >= 15 is 0 Å². The van der Waals surface area contributed by atoms with Crippen molar-refractivity contribution in [2.45, 2.75) is 51.0 Å². The molecule has 0 aromatic heterocycles. The summed E-state index contributed by atoms with van der Waals surface area (Å²) in [6, 6.07) is 0. The molecule has 112 valence electrons. The predicted molar refractivity (Wildman–Crippen MR) is 64.7 cm³/mol. The van der Waals surface area contributed by atoms with E-state index in [0.717, 1.165) is 4.90 Å². The quantitative estimate of drug-likeness (QED) is 0.789. The lowest BCUT2D eigenvalue weighted by Gasteiger charge is -2.32. The fourth-order valence-electron chi connectivity index (χ4n) is 2.74. The van der Waals surface area contributed by atoms with Crippen molar-refractivity contribution in [1.29, 1.82) is 0 Å². The molecule has 2 aliphatic rings. The maximum atomic E-state index is 13.3. The number of carbonyl (C=O) groups is 2. The number of hydrogen-bond acceptors (Lipinski definition) is 4. The van der Waals surface area contributed by atoms with Crippen LogP contribution in [0.1, 0.15) is 26.7 Å². The van der Waals surface area contributed by atoms with Crippen LogP contribution in [-0.4, -0.2) is 46.1 Å². The molecule has 2 aliphatic heterocycles. The molecule has 0 spiro atoms. The summed E-state index contributed by atoms with van der Waals surface area (Å²) in [7, 11) is 0. The van der Waals surface area contributed by atoms with E-state index in [1.54, 1.807) is 6.92 Å². The number of ketones is 1. The van der Waals surface area contributed by atoms with Gasteiger partial charge in [-0.1, -0.05) is 13.8 Å². The first kappa shape index (κ1) is 15.1. The molecule has 0 radical (unpaired) electrons. The summed E-state index contributed by atoms with van der Waals surface area (Å²) in [6.07, 6.45) is -3.15. The highest BCUT2D eigenvalue weighted by Gasteiger charge is 2.58. The Hall–Kier alpha value is -1.34. The second-order valence-corrected chi connectivity index (χ2v) is 5.16. The van der Waals surface area contributed by atoms with Crippen LogP contribution in [0.4, 0.5) is 8.78 Å². The summed E-state index contributed by atoms with van der Waals surface area (Å²) in [4.78, 5) is 23.9. The van der Waals surface area contributed by atoms with Gasteiger partial charge in [-0.25, -0.2) is 8.78 Å². The van der Waals surface area contributed by atoms with E-state index in [1.165, 1.54) is 19.2 Å². The summed E-state index contributed by atoms with van der Waals surface area (Å²) in [5.74, 6) is -1.74. The molecule has 1 amide bonds. The molecule has 2 heterocycles. The first-order chi connectivity index (χ1) is 9.33. The van der Waals surface area contributed by atoms with Gasteiger partial charge in [0.1, 0.15) is 11.7 Å². The van der Waals surface area contributed by atoms with E-state index in [0.29, 0.717) is 0 Å². The van der Waals surface area contributed by atoms with Crippen molar-refractivity contribution in [3.05, 3.63) is 12.3 Å². The zero-order valence-corrected chi connectivity index (χ0v) is 11.3. The van der Waals surface area contributed by atoms with Gasteiger partial charge in [0.15, 0.2) is 12.0 Å². The van der Waals surface area contributed by atoms with Crippen LogP contribution in [0.15, 0.2) is 12.3 Å². The number of alkyl halides is 2. The Labute approximate surface area is 115 Å². The highest BCUT2D eigenvalue weighted by molar-refractivity contribution is 6.06. The Morgan fingerprint density at radius 1 is 1.55 bits per heavy atom. The van der Waals surface area contributed by atoms with Crippen LogP contribution < -0.4 is 0 Å². The lowest BCUT2D eigenvalue weighted by atomic mass is 9.85. The van der Waals surface area contributed by atoms with E-state index in [4.69, 9.17) is 4.74 Å². The first-order valence-corrected chi connectivity index (χ1v) is 6.49. The molecule has 2 rings (SSSR count). The molecule has 20 heavy (non-hydrogen) atoms. The summed E-state index contributed by atoms with van der Waals surface area (Å²) >= 11 is 0. The van der Waals surface area contributed by atoms with Gasteiger partial charge in [0.2, 0.25) is 5.91 Å². The largest absolute Gasteiger partial charge is 0.388 e. The summed E-state index contributed by atoms with van der Waals surface area (Å²) in [5, 5.41) is 10.1. The monoisotopic (exact) mass is 289 g/mol. The minimum Gasteiger partial charge on any atom is -0.388 e. The molecule has 0 aromatic rings. The maximum absolute atomic E-state index is 13.3. The molecule has 1 N–H and O–H groups in total. The summed E-state index contributed by atoms with van der Waals surface area (Å²) in [5.41, 5.74) is -1.78. The molecule has 0 bridgehead atoms. The molecule has 4 atom stereocenters. The number of nitrogens with zero attached hydrogens (tertiary/aromatic N) is 1. The lowest BCUT2D eigenvalue weighted by molar-refractivity contribution is -0.181. The average Bonchev–Trinajstić information content (AvgIpc) is 2.64. The summed E-state index contributed by atoms with van der Waals surface area (Å²) < 4.78 is 32.0. The molecule has 0 saturated carbocycles. The number of hydrogen-bond donors (Lipinski definition) is 1. The van der Waals surface area contributed by atoms with Gasteiger partial charge in [-0.05, 0) is 12.5 Å². The van der Waals surface area contributed by atoms with E-state index in [9.17, 15) is 23.5 Å². The number of aliphatic hydroxyl groups excluding tert-OH is 1. The fraction of sp³-hybridized carbons (Fsp3) is 0.692. The lowest BCUT2D eigenvalue weighted by Crippen LogP contribution is -2.45. The summed E-state index contributed by atoms with van der Waals surface area (Å²) in [6.45, 7) is 3.03. The molecular formula is C13H17F2NO4. The standard InChI is InChI=1S/C13H17F2NO4/c1-3-13(12(14)15)7(2)10(19)11(20-13)16-5-4-8(17)6-9(16)18/h4-5,7,10-12,19H,3,6H2,1-2H3/t7-,10-,11+,13+/m0/s1. The van der Waals surface area contributed by atoms with Crippen molar-refractivity contribution in [2.24, 2.45) is 5.92 Å². The smallest absolute Gasteiger partial charge is 0.267 e. The molecule has 1 fully saturated rings.